The maximum absolute atomic E-state index is 10.1. The summed E-state index contributed by atoms with van der Waals surface area (Å²) < 4.78 is 0. The summed E-state index contributed by atoms with van der Waals surface area (Å²) in [6.45, 7) is 2.28. The Balaban J connectivity index is 1.72. The number of nitrogens with one attached hydrogen (secondary N) is 1. The Labute approximate surface area is 98.2 Å². The third kappa shape index (κ3) is 1.89. The van der Waals surface area contributed by atoms with Crippen molar-refractivity contribution < 1.29 is 5.11 Å². The monoisotopic (exact) mass is 224 g/mol. The van der Waals surface area contributed by atoms with Crippen LogP contribution in [0.5, 0.6) is 0 Å². The maximum atomic E-state index is 10.1. The molecule has 0 amide bonds. The zero-order valence-corrected chi connectivity index (χ0v) is 10.1. The SMILES string of the molecule is OC1CCCC1N(C1CCCC1)C1CNC1. The first kappa shape index (κ1) is 11.0. The molecule has 0 spiro atoms. The van der Waals surface area contributed by atoms with E-state index in [1.54, 1.807) is 0 Å². The highest BCUT2D eigenvalue weighted by Gasteiger charge is 2.41. The van der Waals surface area contributed by atoms with Crippen LogP contribution in [0.3, 0.4) is 0 Å². The fourth-order valence-electron chi connectivity index (χ4n) is 3.80. The Morgan fingerprint density at radius 1 is 0.875 bits per heavy atom. The summed E-state index contributed by atoms with van der Waals surface area (Å²) in [7, 11) is 0. The van der Waals surface area contributed by atoms with Gasteiger partial charge < -0.3 is 10.4 Å². The quantitative estimate of drug-likeness (QED) is 0.754. The summed E-state index contributed by atoms with van der Waals surface area (Å²) >= 11 is 0. The van der Waals surface area contributed by atoms with Crippen molar-refractivity contribution in [3.05, 3.63) is 0 Å². The highest BCUT2D eigenvalue weighted by molar-refractivity contribution is 4.97. The molecular formula is C13H24N2O. The Kier molecular flexibility index (Phi) is 3.18. The van der Waals surface area contributed by atoms with Gasteiger partial charge in [0.05, 0.1) is 6.10 Å². The maximum Gasteiger partial charge on any atom is 0.0695 e. The molecule has 1 heterocycles. The predicted octanol–water partition coefficient (Wildman–Crippen LogP) is 1.12. The van der Waals surface area contributed by atoms with Gasteiger partial charge in [-0.2, -0.15) is 0 Å². The lowest BCUT2D eigenvalue weighted by atomic mass is 10.0. The summed E-state index contributed by atoms with van der Waals surface area (Å²) in [4.78, 5) is 2.70. The van der Waals surface area contributed by atoms with Gasteiger partial charge in [0.2, 0.25) is 0 Å². The Hall–Kier alpha value is -0.120. The summed E-state index contributed by atoms with van der Waals surface area (Å²) in [6.07, 6.45) is 8.91. The van der Waals surface area contributed by atoms with E-state index in [2.05, 4.69) is 10.2 Å². The standard InChI is InChI=1S/C13H24N2O/c16-13-7-3-6-12(13)15(11-8-14-9-11)10-4-1-2-5-10/h10-14,16H,1-9H2. The molecule has 3 aliphatic rings. The van der Waals surface area contributed by atoms with E-state index in [1.165, 1.54) is 38.5 Å². The van der Waals surface area contributed by atoms with Crippen molar-refractivity contribution in [3.8, 4) is 0 Å². The molecule has 0 radical (unpaired) electrons. The molecule has 1 aliphatic heterocycles. The third-order valence-corrected chi connectivity index (χ3v) is 4.75. The first-order valence-electron chi connectivity index (χ1n) is 7.02. The van der Waals surface area contributed by atoms with Crippen molar-refractivity contribution in [2.75, 3.05) is 13.1 Å². The second-order valence-electron chi connectivity index (χ2n) is 5.76. The highest BCUT2D eigenvalue weighted by atomic mass is 16.3. The molecule has 0 aromatic rings. The number of aliphatic hydroxyl groups excluding tert-OH is 1. The van der Waals surface area contributed by atoms with Crippen LogP contribution in [-0.2, 0) is 0 Å². The molecule has 3 fully saturated rings. The van der Waals surface area contributed by atoms with Crippen molar-refractivity contribution in [1.29, 1.82) is 0 Å². The predicted molar refractivity (Wildman–Crippen MR) is 64.4 cm³/mol. The first-order valence-corrected chi connectivity index (χ1v) is 7.02. The van der Waals surface area contributed by atoms with Crippen molar-refractivity contribution in [2.45, 2.75) is 69.2 Å². The largest absolute Gasteiger partial charge is 0.391 e. The minimum atomic E-state index is -0.0544. The van der Waals surface area contributed by atoms with Crippen LogP contribution in [-0.4, -0.2) is 47.3 Å². The van der Waals surface area contributed by atoms with E-state index in [9.17, 15) is 5.11 Å². The molecular weight excluding hydrogens is 200 g/mol. The fraction of sp³-hybridized carbons (Fsp3) is 1.00. The van der Waals surface area contributed by atoms with Gasteiger partial charge in [0.15, 0.2) is 0 Å². The van der Waals surface area contributed by atoms with E-state index in [1.807, 2.05) is 0 Å². The molecule has 3 rings (SSSR count). The second kappa shape index (κ2) is 4.63. The van der Waals surface area contributed by atoms with Gasteiger partial charge in [-0.25, -0.2) is 0 Å². The molecule has 2 unspecified atom stereocenters. The molecule has 92 valence electrons. The van der Waals surface area contributed by atoms with Crippen molar-refractivity contribution in [1.82, 2.24) is 10.2 Å². The molecule has 3 nitrogen and oxygen atoms in total. The summed E-state index contributed by atoms with van der Waals surface area (Å²) in [6, 6.07) is 1.95. The minimum Gasteiger partial charge on any atom is -0.391 e. The zero-order valence-electron chi connectivity index (χ0n) is 10.1. The Morgan fingerprint density at radius 2 is 1.62 bits per heavy atom. The van der Waals surface area contributed by atoms with Crippen molar-refractivity contribution >= 4 is 0 Å². The van der Waals surface area contributed by atoms with Crippen LogP contribution in [0.25, 0.3) is 0 Å². The van der Waals surface area contributed by atoms with Gasteiger partial charge in [-0.05, 0) is 32.1 Å². The average molecular weight is 224 g/mol. The molecule has 0 bridgehead atoms. The molecule has 2 aliphatic carbocycles. The summed E-state index contributed by atoms with van der Waals surface area (Å²) in [5.74, 6) is 0. The van der Waals surface area contributed by atoms with Gasteiger partial charge in [0, 0.05) is 31.2 Å². The normalized spacial score (nSPS) is 37.1. The van der Waals surface area contributed by atoms with Crippen LogP contribution < -0.4 is 5.32 Å². The van der Waals surface area contributed by atoms with Gasteiger partial charge >= 0.3 is 0 Å². The molecule has 0 aromatic carbocycles. The lowest BCUT2D eigenvalue weighted by Gasteiger charge is -2.46. The molecule has 2 saturated carbocycles. The van der Waals surface area contributed by atoms with E-state index < -0.39 is 0 Å². The number of aliphatic hydroxyl groups is 1. The van der Waals surface area contributed by atoms with E-state index in [-0.39, 0.29) is 6.10 Å². The molecule has 1 saturated heterocycles. The number of nitrogens with zero attached hydrogens (tertiary/aromatic N) is 1. The smallest absolute Gasteiger partial charge is 0.0695 e. The highest BCUT2D eigenvalue weighted by Crippen LogP contribution is 2.34. The van der Waals surface area contributed by atoms with Crippen LogP contribution in [0.15, 0.2) is 0 Å². The van der Waals surface area contributed by atoms with Gasteiger partial charge in [-0.1, -0.05) is 12.8 Å². The van der Waals surface area contributed by atoms with E-state index in [4.69, 9.17) is 0 Å². The van der Waals surface area contributed by atoms with E-state index in [0.29, 0.717) is 12.1 Å². The Bertz CT molecular complexity index is 236. The third-order valence-electron chi connectivity index (χ3n) is 4.75. The van der Waals surface area contributed by atoms with Gasteiger partial charge in [-0.3, -0.25) is 4.90 Å². The number of hydrogen-bond donors (Lipinski definition) is 2. The van der Waals surface area contributed by atoms with Gasteiger partial charge in [0.25, 0.3) is 0 Å². The topological polar surface area (TPSA) is 35.5 Å². The van der Waals surface area contributed by atoms with E-state index in [0.717, 1.165) is 25.6 Å². The van der Waals surface area contributed by atoms with Crippen LogP contribution in [0, 0.1) is 0 Å². The first-order chi connectivity index (χ1) is 7.86. The summed E-state index contributed by atoms with van der Waals surface area (Å²) in [5, 5.41) is 13.5. The molecule has 2 atom stereocenters. The van der Waals surface area contributed by atoms with Crippen LogP contribution in [0.2, 0.25) is 0 Å². The summed E-state index contributed by atoms with van der Waals surface area (Å²) in [5.41, 5.74) is 0. The second-order valence-corrected chi connectivity index (χ2v) is 5.76. The van der Waals surface area contributed by atoms with Gasteiger partial charge in [-0.15, -0.1) is 0 Å². The zero-order chi connectivity index (χ0) is 11.0. The number of rotatable bonds is 3. The molecule has 2 N–H and O–H groups in total. The lowest BCUT2D eigenvalue weighted by Crippen LogP contribution is -2.63. The Morgan fingerprint density at radius 3 is 2.12 bits per heavy atom. The van der Waals surface area contributed by atoms with Crippen LogP contribution in [0.4, 0.5) is 0 Å². The van der Waals surface area contributed by atoms with Crippen molar-refractivity contribution in [3.63, 3.8) is 0 Å². The lowest BCUT2D eigenvalue weighted by molar-refractivity contribution is -0.00270. The molecule has 16 heavy (non-hydrogen) atoms. The minimum absolute atomic E-state index is 0.0544. The average Bonchev–Trinajstić information content (AvgIpc) is 2.82. The van der Waals surface area contributed by atoms with Crippen molar-refractivity contribution in [2.24, 2.45) is 0 Å². The number of hydrogen-bond acceptors (Lipinski definition) is 3. The fourth-order valence-corrected chi connectivity index (χ4v) is 3.80. The van der Waals surface area contributed by atoms with Crippen LogP contribution >= 0.6 is 0 Å². The van der Waals surface area contributed by atoms with Crippen LogP contribution in [0.1, 0.15) is 44.9 Å². The van der Waals surface area contributed by atoms with E-state index >= 15 is 0 Å². The van der Waals surface area contributed by atoms with Gasteiger partial charge in [0.1, 0.15) is 0 Å². The molecule has 3 heteroatoms. The molecule has 0 aromatic heterocycles.